The van der Waals surface area contributed by atoms with Crippen LogP contribution in [0.2, 0.25) is 0 Å². The third-order valence-electron chi connectivity index (χ3n) is 3.81. The predicted molar refractivity (Wildman–Crippen MR) is 85.4 cm³/mol. The lowest BCUT2D eigenvalue weighted by Gasteiger charge is -2.35. The Kier molecular flexibility index (Phi) is 4.39. The summed E-state index contributed by atoms with van der Waals surface area (Å²) >= 11 is 0. The molecule has 0 spiro atoms. The maximum absolute atomic E-state index is 5.61. The highest BCUT2D eigenvalue weighted by molar-refractivity contribution is 5.58. The summed E-state index contributed by atoms with van der Waals surface area (Å²) in [6, 6.07) is 0. The number of nitrogen functional groups attached to an aromatic ring is 1. The van der Waals surface area contributed by atoms with E-state index in [0.29, 0.717) is 12.4 Å². The minimum Gasteiger partial charge on any atom is -0.379 e. The minimum absolute atomic E-state index is 0.0988. The van der Waals surface area contributed by atoms with Gasteiger partial charge in [0.2, 0.25) is 0 Å². The molecule has 1 aliphatic rings. The van der Waals surface area contributed by atoms with Gasteiger partial charge in [0, 0.05) is 17.6 Å². The zero-order chi connectivity index (χ0) is 15.7. The van der Waals surface area contributed by atoms with E-state index in [1.165, 1.54) is 0 Å². The maximum Gasteiger partial charge on any atom is 0.148 e. The third kappa shape index (κ3) is 3.63. The van der Waals surface area contributed by atoms with Crippen LogP contribution >= 0.6 is 0 Å². The number of anilines is 2. The molecule has 1 saturated heterocycles. The Morgan fingerprint density at radius 3 is 2.43 bits per heavy atom. The Balaban J connectivity index is 2.37. The molecule has 0 aliphatic carbocycles. The van der Waals surface area contributed by atoms with Gasteiger partial charge >= 0.3 is 0 Å². The largest absolute Gasteiger partial charge is 0.379 e. The average molecular weight is 293 g/mol. The molecule has 6 nitrogen and oxygen atoms in total. The van der Waals surface area contributed by atoms with E-state index in [1.54, 1.807) is 0 Å². The molecule has 0 aromatic carbocycles. The van der Waals surface area contributed by atoms with Gasteiger partial charge in [-0.05, 0) is 26.7 Å². The van der Waals surface area contributed by atoms with E-state index in [-0.39, 0.29) is 11.0 Å². The van der Waals surface area contributed by atoms with Gasteiger partial charge in [-0.1, -0.05) is 20.8 Å². The minimum atomic E-state index is -0.139. The van der Waals surface area contributed by atoms with Crippen molar-refractivity contribution in [2.24, 2.45) is 5.84 Å². The third-order valence-corrected chi connectivity index (χ3v) is 3.81. The number of hydrazine groups is 1. The van der Waals surface area contributed by atoms with Gasteiger partial charge in [-0.3, -0.25) is 0 Å². The molecule has 0 saturated carbocycles. The van der Waals surface area contributed by atoms with E-state index in [4.69, 9.17) is 15.6 Å². The van der Waals surface area contributed by atoms with Gasteiger partial charge in [0.1, 0.15) is 17.5 Å². The number of hydrogen-bond donors (Lipinski definition) is 3. The molecule has 1 fully saturated rings. The summed E-state index contributed by atoms with van der Waals surface area (Å²) in [6.07, 6.45) is 2.12. The van der Waals surface area contributed by atoms with Crippen molar-refractivity contribution in [1.29, 1.82) is 0 Å². The molecule has 1 aromatic rings. The molecule has 1 unspecified atom stereocenters. The summed E-state index contributed by atoms with van der Waals surface area (Å²) in [5.74, 6) is 7.87. The molecule has 2 rings (SSSR count). The van der Waals surface area contributed by atoms with E-state index in [9.17, 15) is 0 Å². The second kappa shape index (κ2) is 5.77. The fourth-order valence-corrected chi connectivity index (χ4v) is 2.43. The first kappa shape index (κ1) is 16.0. The van der Waals surface area contributed by atoms with Crippen LogP contribution in [0.4, 0.5) is 11.6 Å². The summed E-state index contributed by atoms with van der Waals surface area (Å²) in [6.45, 7) is 11.9. The normalized spacial score (nSPS) is 23.0. The summed E-state index contributed by atoms with van der Waals surface area (Å²) in [5, 5.41) is 3.54. The molecule has 0 amide bonds. The van der Waals surface area contributed by atoms with Gasteiger partial charge in [-0.15, -0.1) is 0 Å². The maximum atomic E-state index is 5.61. The van der Waals surface area contributed by atoms with Crippen LogP contribution in [-0.2, 0) is 10.2 Å². The van der Waals surface area contributed by atoms with Crippen molar-refractivity contribution in [1.82, 2.24) is 9.97 Å². The summed E-state index contributed by atoms with van der Waals surface area (Å²) < 4.78 is 5.61. The zero-order valence-electron chi connectivity index (χ0n) is 13.7. The molecule has 1 aliphatic heterocycles. The van der Waals surface area contributed by atoms with Crippen molar-refractivity contribution >= 4 is 11.6 Å². The molecule has 1 aromatic heterocycles. The van der Waals surface area contributed by atoms with Crippen molar-refractivity contribution in [2.45, 2.75) is 58.4 Å². The second-order valence-electron chi connectivity index (χ2n) is 7.11. The van der Waals surface area contributed by atoms with Crippen LogP contribution in [0.15, 0.2) is 0 Å². The van der Waals surface area contributed by atoms with Crippen LogP contribution in [0, 0.1) is 6.92 Å². The smallest absolute Gasteiger partial charge is 0.148 e. The van der Waals surface area contributed by atoms with E-state index >= 15 is 0 Å². The topological polar surface area (TPSA) is 85.1 Å². The SMILES string of the molecule is Cc1c(NN)nc(C(C)(C)C)nc1NC1(C)CCCOC1. The zero-order valence-corrected chi connectivity index (χ0v) is 13.7. The van der Waals surface area contributed by atoms with Crippen LogP contribution in [0.5, 0.6) is 0 Å². The highest BCUT2D eigenvalue weighted by Crippen LogP contribution is 2.29. The van der Waals surface area contributed by atoms with Gasteiger partial charge in [-0.2, -0.15) is 0 Å². The Morgan fingerprint density at radius 2 is 1.90 bits per heavy atom. The first-order chi connectivity index (χ1) is 9.75. The predicted octanol–water partition coefficient (Wildman–Crippen LogP) is 2.35. The molecule has 21 heavy (non-hydrogen) atoms. The van der Waals surface area contributed by atoms with Crippen LogP contribution in [0.1, 0.15) is 51.9 Å². The molecule has 2 heterocycles. The molecule has 0 bridgehead atoms. The Hall–Kier alpha value is -1.40. The molecular formula is C15H27N5O. The monoisotopic (exact) mass is 293 g/mol. The molecule has 1 atom stereocenters. The van der Waals surface area contributed by atoms with Gasteiger partial charge < -0.3 is 15.5 Å². The number of nitrogens with two attached hydrogens (primary N) is 1. The van der Waals surface area contributed by atoms with Crippen molar-refractivity contribution in [2.75, 3.05) is 24.0 Å². The first-order valence-electron chi connectivity index (χ1n) is 7.47. The fraction of sp³-hybridized carbons (Fsp3) is 0.733. The standard InChI is InChI=1S/C15H27N5O/c1-10-11(19-15(5)7-6-8-21-9-15)17-13(14(2,3)4)18-12(10)20-16/h6-9,16H2,1-5H3,(H2,17,18,19,20). The lowest BCUT2D eigenvalue weighted by molar-refractivity contribution is 0.0538. The van der Waals surface area contributed by atoms with Gasteiger partial charge in [0.05, 0.1) is 12.1 Å². The number of ether oxygens (including phenoxy) is 1. The second-order valence-corrected chi connectivity index (χ2v) is 7.11. The summed E-state index contributed by atoms with van der Waals surface area (Å²) in [5.41, 5.74) is 3.37. The molecule has 118 valence electrons. The molecular weight excluding hydrogens is 266 g/mol. The first-order valence-corrected chi connectivity index (χ1v) is 7.47. The van der Waals surface area contributed by atoms with Gasteiger partial charge in [0.25, 0.3) is 0 Å². The highest BCUT2D eigenvalue weighted by atomic mass is 16.5. The lowest BCUT2D eigenvalue weighted by atomic mass is 9.94. The van der Waals surface area contributed by atoms with Crippen LogP contribution in [0.3, 0.4) is 0 Å². The van der Waals surface area contributed by atoms with E-state index in [0.717, 1.165) is 36.7 Å². The number of nitrogens with zero attached hydrogens (tertiary/aromatic N) is 2. The summed E-state index contributed by atoms with van der Waals surface area (Å²) in [7, 11) is 0. The summed E-state index contributed by atoms with van der Waals surface area (Å²) in [4.78, 5) is 9.24. The number of hydrogen-bond acceptors (Lipinski definition) is 6. The van der Waals surface area contributed by atoms with Crippen LogP contribution in [-0.4, -0.2) is 28.7 Å². The lowest BCUT2D eigenvalue weighted by Crippen LogP contribution is -2.43. The number of nitrogens with one attached hydrogen (secondary N) is 2. The van der Waals surface area contributed by atoms with Crippen molar-refractivity contribution in [3.63, 3.8) is 0 Å². The quantitative estimate of drug-likeness (QED) is 0.586. The van der Waals surface area contributed by atoms with E-state index < -0.39 is 0 Å². The van der Waals surface area contributed by atoms with Gasteiger partial charge in [-0.25, -0.2) is 15.8 Å². The Labute approximate surface area is 126 Å². The molecule has 4 N–H and O–H groups in total. The van der Waals surface area contributed by atoms with Crippen LogP contribution in [0.25, 0.3) is 0 Å². The molecule has 6 heteroatoms. The van der Waals surface area contributed by atoms with E-state index in [2.05, 4.69) is 43.4 Å². The van der Waals surface area contributed by atoms with Crippen LogP contribution < -0.4 is 16.6 Å². The van der Waals surface area contributed by atoms with Crippen molar-refractivity contribution < 1.29 is 4.74 Å². The Bertz CT molecular complexity index is 504. The average Bonchev–Trinajstić information content (AvgIpc) is 2.40. The molecule has 0 radical (unpaired) electrons. The Morgan fingerprint density at radius 1 is 1.24 bits per heavy atom. The van der Waals surface area contributed by atoms with Crippen molar-refractivity contribution in [3.05, 3.63) is 11.4 Å². The van der Waals surface area contributed by atoms with Crippen molar-refractivity contribution in [3.8, 4) is 0 Å². The number of aromatic nitrogens is 2. The van der Waals surface area contributed by atoms with E-state index in [1.807, 2.05) is 6.92 Å². The fourth-order valence-electron chi connectivity index (χ4n) is 2.43. The number of rotatable bonds is 3. The highest BCUT2D eigenvalue weighted by Gasteiger charge is 2.30. The van der Waals surface area contributed by atoms with Gasteiger partial charge in [0.15, 0.2) is 0 Å².